The molecule has 0 spiro atoms. The van der Waals surface area contributed by atoms with Crippen molar-refractivity contribution in [2.45, 2.75) is 19.8 Å². The molecule has 0 aromatic rings. The van der Waals surface area contributed by atoms with Crippen LogP contribution in [0.2, 0.25) is 0 Å². The van der Waals surface area contributed by atoms with Crippen molar-refractivity contribution >= 4 is 0 Å². The molecule has 6 heavy (non-hydrogen) atoms. The Kier molecular flexibility index (Phi) is 2.55. The van der Waals surface area contributed by atoms with Crippen molar-refractivity contribution in [3.05, 3.63) is 12.3 Å². The Bertz CT molecular complexity index is 47.9. The van der Waals surface area contributed by atoms with Gasteiger partial charge in [-0.15, -0.1) is 0 Å². The summed E-state index contributed by atoms with van der Waals surface area (Å²) < 4.78 is 0. The fourth-order valence-corrected chi connectivity index (χ4v) is 0.289. The molecule has 0 aliphatic rings. The van der Waals surface area contributed by atoms with Gasteiger partial charge >= 0.3 is 0 Å². The van der Waals surface area contributed by atoms with Crippen molar-refractivity contribution in [3.63, 3.8) is 0 Å². The number of rotatable bonds is 2. The third-order valence-corrected chi connectivity index (χ3v) is 0.539. The quantitative estimate of drug-likeness (QED) is 0.508. The zero-order valence-electron chi connectivity index (χ0n) is 4.07. The molecule has 0 fully saturated rings. The Hall–Kier alpha value is -0.460. The molecule has 0 heterocycles. The van der Waals surface area contributed by atoms with Gasteiger partial charge in [0.15, 0.2) is 0 Å². The standard InChI is InChI=1S/C5H10O/c1-3-4-5(2)6/h6H,2-4H2,1H3. The summed E-state index contributed by atoms with van der Waals surface area (Å²) in [6, 6.07) is 0. The second-order valence-electron chi connectivity index (χ2n) is 1.32. The second kappa shape index (κ2) is 2.76. The van der Waals surface area contributed by atoms with Gasteiger partial charge in [-0.3, -0.25) is 0 Å². The second-order valence-corrected chi connectivity index (χ2v) is 1.32. The van der Waals surface area contributed by atoms with Crippen molar-refractivity contribution in [1.82, 2.24) is 0 Å². The van der Waals surface area contributed by atoms with E-state index in [4.69, 9.17) is 5.11 Å². The minimum Gasteiger partial charge on any atom is -0.513 e. The van der Waals surface area contributed by atoms with Crippen molar-refractivity contribution in [3.8, 4) is 0 Å². The van der Waals surface area contributed by atoms with Crippen LogP contribution in [0.1, 0.15) is 19.8 Å². The molecule has 0 bridgehead atoms. The van der Waals surface area contributed by atoms with Gasteiger partial charge in [0.1, 0.15) is 0 Å². The SMILES string of the molecule is C=C(O)CCC. The zero-order valence-corrected chi connectivity index (χ0v) is 4.07. The zero-order chi connectivity index (χ0) is 4.99. The highest BCUT2D eigenvalue weighted by Crippen LogP contribution is 1.93. The van der Waals surface area contributed by atoms with Crippen LogP contribution >= 0.6 is 0 Å². The van der Waals surface area contributed by atoms with Crippen LogP contribution in [-0.2, 0) is 0 Å². The van der Waals surface area contributed by atoms with Crippen LogP contribution in [0.4, 0.5) is 0 Å². The Morgan fingerprint density at radius 2 is 2.33 bits per heavy atom. The summed E-state index contributed by atoms with van der Waals surface area (Å²) >= 11 is 0. The minimum absolute atomic E-state index is 0.289. The predicted octanol–water partition coefficient (Wildman–Crippen LogP) is 1.86. The third kappa shape index (κ3) is 3.54. The smallest absolute Gasteiger partial charge is 0.0850 e. The first-order valence-corrected chi connectivity index (χ1v) is 2.14. The molecule has 1 heteroatoms. The van der Waals surface area contributed by atoms with Crippen molar-refractivity contribution in [2.75, 3.05) is 0 Å². The Morgan fingerprint density at radius 1 is 1.83 bits per heavy atom. The molecule has 0 saturated carbocycles. The summed E-state index contributed by atoms with van der Waals surface area (Å²) in [5, 5.41) is 8.36. The summed E-state index contributed by atoms with van der Waals surface area (Å²) in [6.07, 6.45) is 1.72. The van der Waals surface area contributed by atoms with E-state index in [1.807, 2.05) is 6.92 Å². The molecular weight excluding hydrogens is 76.1 g/mol. The van der Waals surface area contributed by atoms with Crippen molar-refractivity contribution in [1.29, 1.82) is 0 Å². The van der Waals surface area contributed by atoms with Gasteiger partial charge in [0.05, 0.1) is 5.76 Å². The Balaban J connectivity index is 2.83. The molecule has 0 aliphatic carbocycles. The summed E-state index contributed by atoms with van der Waals surface area (Å²) in [6.45, 7) is 5.30. The van der Waals surface area contributed by atoms with E-state index < -0.39 is 0 Å². The van der Waals surface area contributed by atoms with Gasteiger partial charge in [0, 0.05) is 6.42 Å². The topological polar surface area (TPSA) is 20.2 Å². The number of aliphatic hydroxyl groups excluding tert-OH is 1. The lowest BCUT2D eigenvalue weighted by Gasteiger charge is -1.86. The average Bonchev–Trinajstić information content (AvgIpc) is 1.35. The maximum atomic E-state index is 8.36. The van der Waals surface area contributed by atoms with E-state index in [2.05, 4.69) is 6.58 Å². The molecule has 0 rings (SSSR count). The first kappa shape index (κ1) is 5.54. The summed E-state index contributed by atoms with van der Waals surface area (Å²) in [5.41, 5.74) is 0. The molecule has 36 valence electrons. The van der Waals surface area contributed by atoms with E-state index >= 15 is 0 Å². The first-order chi connectivity index (χ1) is 2.77. The lowest BCUT2D eigenvalue weighted by Crippen LogP contribution is -1.72. The molecule has 0 saturated heterocycles. The number of hydrogen-bond acceptors (Lipinski definition) is 1. The van der Waals surface area contributed by atoms with Gasteiger partial charge in [-0.25, -0.2) is 0 Å². The fraction of sp³-hybridized carbons (Fsp3) is 0.600. The summed E-state index contributed by atoms with van der Waals surface area (Å²) in [5.74, 6) is 0.289. The molecule has 0 unspecified atom stereocenters. The van der Waals surface area contributed by atoms with Gasteiger partial charge < -0.3 is 5.11 Å². The molecule has 0 aromatic heterocycles. The van der Waals surface area contributed by atoms with Crippen LogP contribution in [0, 0.1) is 0 Å². The maximum absolute atomic E-state index is 8.36. The molecule has 1 N–H and O–H groups in total. The van der Waals surface area contributed by atoms with Crippen molar-refractivity contribution in [2.24, 2.45) is 0 Å². The largest absolute Gasteiger partial charge is 0.513 e. The molecule has 0 radical (unpaired) electrons. The number of hydrogen-bond donors (Lipinski definition) is 1. The molecular formula is C5H10O. The van der Waals surface area contributed by atoms with E-state index in [0.717, 1.165) is 12.8 Å². The van der Waals surface area contributed by atoms with Crippen molar-refractivity contribution < 1.29 is 5.11 Å². The van der Waals surface area contributed by atoms with Gasteiger partial charge in [-0.05, 0) is 6.42 Å². The Morgan fingerprint density at radius 3 is 2.33 bits per heavy atom. The average molecular weight is 86.1 g/mol. The molecule has 0 atom stereocenters. The lowest BCUT2D eigenvalue weighted by molar-refractivity contribution is 0.389. The van der Waals surface area contributed by atoms with Crippen LogP contribution in [0.25, 0.3) is 0 Å². The summed E-state index contributed by atoms with van der Waals surface area (Å²) in [7, 11) is 0. The highest BCUT2D eigenvalue weighted by atomic mass is 16.3. The third-order valence-electron chi connectivity index (χ3n) is 0.539. The van der Waals surface area contributed by atoms with Crippen LogP contribution in [0.3, 0.4) is 0 Å². The lowest BCUT2D eigenvalue weighted by atomic mass is 10.3. The Labute approximate surface area is 38.3 Å². The maximum Gasteiger partial charge on any atom is 0.0850 e. The van der Waals surface area contributed by atoms with Gasteiger partial charge in [0.25, 0.3) is 0 Å². The first-order valence-electron chi connectivity index (χ1n) is 2.14. The van der Waals surface area contributed by atoms with E-state index in [1.54, 1.807) is 0 Å². The fourth-order valence-electron chi connectivity index (χ4n) is 0.289. The van der Waals surface area contributed by atoms with Crippen LogP contribution in [0.5, 0.6) is 0 Å². The monoisotopic (exact) mass is 86.1 g/mol. The highest BCUT2D eigenvalue weighted by Gasteiger charge is 1.79. The van der Waals surface area contributed by atoms with Crippen LogP contribution in [-0.4, -0.2) is 5.11 Å². The predicted molar refractivity (Wildman–Crippen MR) is 26.7 cm³/mol. The van der Waals surface area contributed by atoms with Gasteiger partial charge in [0.2, 0.25) is 0 Å². The minimum atomic E-state index is 0.289. The van der Waals surface area contributed by atoms with Gasteiger partial charge in [-0.1, -0.05) is 13.5 Å². The molecule has 0 aromatic carbocycles. The summed E-state index contributed by atoms with van der Waals surface area (Å²) in [4.78, 5) is 0. The van der Waals surface area contributed by atoms with Gasteiger partial charge in [-0.2, -0.15) is 0 Å². The van der Waals surface area contributed by atoms with E-state index in [-0.39, 0.29) is 5.76 Å². The van der Waals surface area contributed by atoms with E-state index in [9.17, 15) is 0 Å². The molecule has 1 nitrogen and oxygen atoms in total. The van der Waals surface area contributed by atoms with Crippen LogP contribution < -0.4 is 0 Å². The number of allylic oxidation sites excluding steroid dienone is 1. The van der Waals surface area contributed by atoms with E-state index in [0.29, 0.717) is 0 Å². The molecule has 0 aliphatic heterocycles. The highest BCUT2D eigenvalue weighted by molar-refractivity contribution is 4.76. The van der Waals surface area contributed by atoms with E-state index in [1.165, 1.54) is 0 Å². The number of aliphatic hydroxyl groups is 1. The normalized spacial score (nSPS) is 8.17. The van der Waals surface area contributed by atoms with Crippen LogP contribution in [0.15, 0.2) is 12.3 Å². The molecule has 0 amide bonds.